The number of nitro groups is 1. The van der Waals surface area contributed by atoms with Crippen molar-refractivity contribution < 1.29 is 4.92 Å². The zero-order valence-electron chi connectivity index (χ0n) is 7.01. The zero-order valence-corrected chi connectivity index (χ0v) is 7.01. The molecule has 6 nitrogen and oxygen atoms in total. The zero-order chi connectivity index (χ0) is 9.68. The molecule has 0 radical (unpaired) electrons. The lowest BCUT2D eigenvalue weighted by Crippen LogP contribution is -2.47. The maximum absolute atomic E-state index is 10.0. The lowest BCUT2D eigenvalue weighted by molar-refractivity contribution is -0.403. The number of piperazine rings is 1. The topological polar surface area (TPSA) is 82.2 Å². The van der Waals surface area contributed by atoms with Crippen LogP contribution >= 0.6 is 0 Å². The molecule has 70 valence electrons. The molecule has 1 rings (SSSR count). The van der Waals surface area contributed by atoms with Crippen molar-refractivity contribution in [3.05, 3.63) is 22.5 Å². The maximum atomic E-state index is 10.0. The van der Waals surface area contributed by atoms with Gasteiger partial charge in [-0.15, -0.1) is 0 Å². The van der Waals surface area contributed by atoms with Gasteiger partial charge in [0.1, 0.15) is 6.04 Å². The first-order valence-corrected chi connectivity index (χ1v) is 3.92. The molecular weight excluding hydrogens is 172 g/mol. The predicted octanol–water partition coefficient (Wildman–Crippen LogP) is -0.468. The van der Waals surface area contributed by atoms with Crippen LogP contribution in [0.4, 0.5) is 0 Å². The predicted molar refractivity (Wildman–Crippen MR) is 45.1 cm³/mol. The first kappa shape index (κ1) is 9.48. The minimum absolute atomic E-state index is 0.301. The Morgan fingerprint density at radius 2 is 2.54 bits per heavy atom. The SMILES string of the molecule is N#CC1CNCCN1C=C[N+](=O)[O-]. The van der Waals surface area contributed by atoms with Gasteiger partial charge in [0.15, 0.2) is 0 Å². The third-order valence-corrected chi connectivity index (χ3v) is 1.81. The van der Waals surface area contributed by atoms with E-state index in [9.17, 15) is 10.1 Å². The normalized spacial score (nSPS) is 23.0. The van der Waals surface area contributed by atoms with E-state index < -0.39 is 4.92 Å². The second-order valence-corrected chi connectivity index (χ2v) is 2.67. The van der Waals surface area contributed by atoms with Crippen molar-refractivity contribution in [2.24, 2.45) is 0 Å². The fraction of sp³-hybridized carbons (Fsp3) is 0.571. The van der Waals surface area contributed by atoms with Crippen LogP contribution in [0.3, 0.4) is 0 Å². The van der Waals surface area contributed by atoms with E-state index in [4.69, 9.17) is 5.26 Å². The van der Waals surface area contributed by atoms with Gasteiger partial charge in [0, 0.05) is 19.6 Å². The Morgan fingerprint density at radius 1 is 1.77 bits per heavy atom. The monoisotopic (exact) mass is 182 g/mol. The number of nitrogens with one attached hydrogen (secondary N) is 1. The fourth-order valence-electron chi connectivity index (χ4n) is 1.16. The number of hydrogen-bond donors (Lipinski definition) is 1. The van der Waals surface area contributed by atoms with Crippen LogP contribution in [0.5, 0.6) is 0 Å². The van der Waals surface area contributed by atoms with Crippen LogP contribution in [-0.4, -0.2) is 35.5 Å². The van der Waals surface area contributed by atoms with Gasteiger partial charge >= 0.3 is 0 Å². The molecule has 0 aliphatic carbocycles. The van der Waals surface area contributed by atoms with Crippen LogP contribution in [0, 0.1) is 21.4 Å². The van der Waals surface area contributed by atoms with Crippen LogP contribution in [-0.2, 0) is 0 Å². The summed E-state index contributed by atoms with van der Waals surface area (Å²) in [6, 6.07) is 1.77. The lowest BCUT2D eigenvalue weighted by Gasteiger charge is -2.29. The molecule has 1 unspecified atom stereocenters. The number of nitrogens with zero attached hydrogens (tertiary/aromatic N) is 3. The summed E-state index contributed by atoms with van der Waals surface area (Å²) >= 11 is 0. The molecule has 0 bridgehead atoms. The Labute approximate surface area is 75.6 Å². The first-order chi connectivity index (χ1) is 6.24. The van der Waals surface area contributed by atoms with Crippen LogP contribution in [0.25, 0.3) is 0 Å². The van der Waals surface area contributed by atoms with Crippen molar-refractivity contribution in [2.45, 2.75) is 6.04 Å². The Morgan fingerprint density at radius 3 is 3.15 bits per heavy atom. The minimum Gasteiger partial charge on any atom is -0.354 e. The van der Waals surface area contributed by atoms with E-state index in [2.05, 4.69) is 11.4 Å². The molecule has 0 amide bonds. The van der Waals surface area contributed by atoms with Gasteiger partial charge in [-0.05, 0) is 0 Å². The highest BCUT2D eigenvalue weighted by Crippen LogP contribution is 2.02. The van der Waals surface area contributed by atoms with Crippen molar-refractivity contribution in [3.8, 4) is 6.07 Å². The summed E-state index contributed by atoms with van der Waals surface area (Å²) in [6.07, 6.45) is 2.21. The summed E-state index contributed by atoms with van der Waals surface area (Å²) < 4.78 is 0. The van der Waals surface area contributed by atoms with Crippen LogP contribution < -0.4 is 5.32 Å². The molecule has 13 heavy (non-hydrogen) atoms. The number of rotatable bonds is 2. The Hall–Kier alpha value is -1.61. The Balaban J connectivity index is 2.55. The highest BCUT2D eigenvalue weighted by Gasteiger charge is 2.18. The van der Waals surface area contributed by atoms with Crippen molar-refractivity contribution in [1.29, 1.82) is 5.26 Å². The van der Waals surface area contributed by atoms with Crippen LogP contribution in [0.1, 0.15) is 0 Å². The van der Waals surface area contributed by atoms with Gasteiger partial charge in [-0.1, -0.05) is 0 Å². The van der Waals surface area contributed by atoms with Gasteiger partial charge in [0.05, 0.1) is 17.2 Å². The third kappa shape index (κ3) is 2.72. The summed E-state index contributed by atoms with van der Waals surface area (Å²) in [4.78, 5) is 11.2. The molecule has 1 heterocycles. The molecular formula is C7H10N4O2. The van der Waals surface area contributed by atoms with Crippen molar-refractivity contribution in [2.75, 3.05) is 19.6 Å². The van der Waals surface area contributed by atoms with Gasteiger partial charge < -0.3 is 10.2 Å². The van der Waals surface area contributed by atoms with Crippen molar-refractivity contribution in [3.63, 3.8) is 0 Å². The van der Waals surface area contributed by atoms with Gasteiger partial charge in [0.25, 0.3) is 0 Å². The first-order valence-electron chi connectivity index (χ1n) is 3.92. The van der Waals surface area contributed by atoms with Crippen LogP contribution in [0.15, 0.2) is 12.4 Å². The summed E-state index contributed by atoms with van der Waals surface area (Å²) in [5.74, 6) is 0. The Kier molecular flexibility index (Phi) is 3.23. The molecule has 1 saturated heterocycles. The Bertz CT molecular complexity index is 258. The van der Waals surface area contributed by atoms with Gasteiger partial charge in [-0.3, -0.25) is 10.1 Å². The summed E-state index contributed by atoms with van der Waals surface area (Å²) in [7, 11) is 0. The second kappa shape index (κ2) is 4.42. The average Bonchev–Trinajstić information content (AvgIpc) is 2.15. The fourth-order valence-corrected chi connectivity index (χ4v) is 1.16. The van der Waals surface area contributed by atoms with Gasteiger partial charge in [-0.2, -0.15) is 5.26 Å². The smallest absolute Gasteiger partial charge is 0.250 e. The van der Waals surface area contributed by atoms with E-state index in [1.165, 1.54) is 6.20 Å². The maximum Gasteiger partial charge on any atom is 0.250 e. The summed E-state index contributed by atoms with van der Waals surface area (Å²) in [6.45, 7) is 1.93. The number of nitriles is 1. The van der Waals surface area contributed by atoms with E-state index in [0.717, 1.165) is 12.7 Å². The third-order valence-electron chi connectivity index (χ3n) is 1.81. The molecule has 1 N–H and O–H groups in total. The molecule has 0 spiro atoms. The highest BCUT2D eigenvalue weighted by molar-refractivity contribution is 4.99. The molecule has 0 saturated carbocycles. The molecule has 1 aliphatic heterocycles. The highest BCUT2D eigenvalue weighted by atomic mass is 16.6. The average molecular weight is 182 g/mol. The molecule has 1 aliphatic rings. The standard InChI is InChI=1S/C7H10N4O2/c8-5-7-6-9-1-2-10(7)3-4-11(12)13/h3-4,7,9H,1-2,6H2. The van der Waals surface area contributed by atoms with E-state index in [-0.39, 0.29) is 6.04 Å². The summed E-state index contributed by atoms with van der Waals surface area (Å²) in [5.41, 5.74) is 0. The molecule has 0 aromatic rings. The molecule has 0 aromatic carbocycles. The van der Waals surface area contributed by atoms with Crippen LogP contribution in [0.2, 0.25) is 0 Å². The quantitative estimate of drug-likeness (QED) is 0.461. The van der Waals surface area contributed by atoms with E-state index >= 15 is 0 Å². The van der Waals surface area contributed by atoms with Gasteiger partial charge in [0.2, 0.25) is 6.20 Å². The largest absolute Gasteiger partial charge is 0.354 e. The van der Waals surface area contributed by atoms with Crippen molar-refractivity contribution >= 4 is 0 Å². The van der Waals surface area contributed by atoms with Gasteiger partial charge in [-0.25, -0.2) is 0 Å². The molecule has 0 aromatic heterocycles. The van der Waals surface area contributed by atoms with Crippen molar-refractivity contribution in [1.82, 2.24) is 10.2 Å². The second-order valence-electron chi connectivity index (χ2n) is 2.67. The molecule has 6 heteroatoms. The van der Waals surface area contributed by atoms with E-state index in [1.807, 2.05) is 0 Å². The lowest BCUT2D eigenvalue weighted by atomic mass is 10.2. The van der Waals surface area contributed by atoms with E-state index in [1.54, 1.807) is 4.90 Å². The number of hydrogen-bond acceptors (Lipinski definition) is 5. The summed E-state index contributed by atoms with van der Waals surface area (Å²) in [5, 5.41) is 21.8. The van der Waals surface area contributed by atoms with E-state index in [0.29, 0.717) is 13.1 Å². The molecule has 1 fully saturated rings. The molecule has 1 atom stereocenters. The minimum atomic E-state index is -0.531.